The lowest BCUT2D eigenvalue weighted by molar-refractivity contribution is 0.176. The lowest BCUT2D eigenvalue weighted by atomic mass is 9.99. The van der Waals surface area contributed by atoms with Crippen LogP contribution < -0.4 is 10.1 Å². The summed E-state index contributed by atoms with van der Waals surface area (Å²) in [7, 11) is 0. The molecule has 2 aromatic rings. The van der Waals surface area contributed by atoms with E-state index in [4.69, 9.17) is 4.74 Å². The number of ether oxygens (including phenoxy) is 1. The van der Waals surface area contributed by atoms with Crippen molar-refractivity contribution in [2.75, 3.05) is 5.32 Å². The number of hydrogen-bond donors (Lipinski definition) is 1. The second-order valence-corrected chi connectivity index (χ2v) is 5.48. The van der Waals surface area contributed by atoms with Crippen molar-refractivity contribution >= 4 is 5.69 Å². The molecule has 3 rings (SSSR count). The van der Waals surface area contributed by atoms with Crippen molar-refractivity contribution in [1.29, 1.82) is 0 Å². The van der Waals surface area contributed by atoms with E-state index in [1.54, 1.807) is 12.1 Å². The third-order valence-electron chi connectivity index (χ3n) is 3.70. The molecule has 1 aliphatic heterocycles. The fraction of sp³-hybridized carbons (Fsp3) is 0.294. The molecule has 1 aliphatic rings. The van der Waals surface area contributed by atoms with Crippen LogP contribution in [0, 0.1) is 19.7 Å². The SMILES string of the molecule is Cc1cc(C)c2c(c1)NC(C)C(c1ccc(F)cc1)O2. The first-order chi connectivity index (χ1) is 9.54. The van der Waals surface area contributed by atoms with E-state index in [1.807, 2.05) is 6.92 Å². The lowest BCUT2D eigenvalue weighted by Crippen LogP contribution is -2.33. The van der Waals surface area contributed by atoms with Crippen LogP contribution in [0.4, 0.5) is 10.1 Å². The summed E-state index contributed by atoms with van der Waals surface area (Å²) < 4.78 is 19.2. The number of benzene rings is 2. The maximum Gasteiger partial charge on any atom is 0.146 e. The maximum atomic E-state index is 13.0. The van der Waals surface area contributed by atoms with Gasteiger partial charge in [0.2, 0.25) is 0 Å². The van der Waals surface area contributed by atoms with Gasteiger partial charge in [0, 0.05) is 0 Å². The first kappa shape index (κ1) is 13.0. The van der Waals surface area contributed by atoms with Crippen LogP contribution in [-0.2, 0) is 0 Å². The van der Waals surface area contributed by atoms with Crippen LogP contribution in [0.3, 0.4) is 0 Å². The average Bonchev–Trinajstić information content (AvgIpc) is 2.39. The maximum absolute atomic E-state index is 13.0. The van der Waals surface area contributed by atoms with Gasteiger partial charge in [-0.05, 0) is 55.7 Å². The van der Waals surface area contributed by atoms with Gasteiger partial charge in [0.25, 0.3) is 0 Å². The van der Waals surface area contributed by atoms with E-state index >= 15 is 0 Å². The average molecular weight is 271 g/mol. The van der Waals surface area contributed by atoms with E-state index in [0.29, 0.717) is 0 Å². The highest BCUT2D eigenvalue weighted by molar-refractivity contribution is 5.64. The van der Waals surface area contributed by atoms with Crippen LogP contribution >= 0.6 is 0 Å². The Morgan fingerprint density at radius 1 is 1.10 bits per heavy atom. The molecule has 0 bridgehead atoms. The van der Waals surface area contributed by atoms with Crippen molar-refractivity contribution in [2.45, 2.75) is 32.9 Å². The molecule has 0 saturated carbocycles. The van der Waals surface area contributed by atoms with Gasteiger partial charge in [0.15, 0.2) is 0 Å². The highest BCUT2D eigenvalue weighted by atomic mass is 19.1. The summed E-state index contributed by atoms with van der Waals surface area (Å²) in [5.74, 6) is 0.667. The van der Waals surface area contributed by atoms with Crippen LogP contribution in [0.2, 0.25) is 0 Å². The van der Waals surface area contributed by atoms with Gasteiger partial charge in [-0.15, -0.1) is 0 Å². The second-order valence-electron chi connectivity index (χ2n) is 5.48. The Balaban J connectivity index is 1.98. The number of aryl methyl sites for hydroxylation is 2. The Morgan fingerprint density at radius 2 is 1.80 bits per heavy atom. The van der Waals surface area contributed by atoms with Gasteiger partial charge in [-0.3, -0.25) is 0 Å². The first-order valence-electron chi connectivity index (χ1n) is 6.84. The predicted octanol–water partition coefficient (Wildman–Crippen LogP) is 4.38. The smallest absolute Gasteiger partial charge is 0.146 e. The molecule has 0 aliphatic carbocycles. The minimum atomic E-state index is -0.225. The largest absolute Gasteiger partial charge is 0.481 e. The summed E-state index contributed by atoms with van der Waals surface area (Å²) in [4.78, 5) is 0. The number of nitrogens with one attached hydrogen (secondary N) is 1. The summed E-state index contributed by atoms with van der Waals surface area (Å²) in [5, 5.41) is 3.49. The molecular formula is C17H18FNO. The Labute approximate surface area is 118 Å². The van der Waals surface area contributed by atoms with Crippen molar-refractivity contribution in [3.63, 3.8) is 0 Å². The highest BCUT2D eigenvalue weighted by Crippen LogP contribution is 2.40. The molecule has 2 nitrogen and oxygen atoms in total. The molecule has 2 unspecified atom stereocenters. The van der Waals surface area contributed by atoms with E-state index in [9.17, 15) is 4.39 Å². The molecule has 0 fully saturated rings. The Morgan fingerprint density at radius 3 is 2.50 bits per heavy atom. The van der Waals surface area contributed by atoms with Gasteiger partial charge in [-0.1, -0.05) is 18.2 Å². The van der Waals surface area contributed by atoms with E-state index in [1.165, 1.54) is 17.7 Å². The molecule has 0 saturated heterocycles. The predicted molar refractivity (Wildman–Crippen MR) is 78.8 cm³/mol. The normalized spacial score (nSPS) is 20.8. The lowest BCUT2D eigenvalue weighted by Gasteiger charge is -2.34. The van der Waals surface area contributed by atoms with Crippen LogP contribution in [-0.4, -0.2) is 6.04 Å². The first-order valence-corrected chi connectivity index (χ1v) is 6.84. The molecule has 1 N–H and O–H groups in total. The quantitative estimate of drug-likeness (QED) is 0.831. The zero-order valence-corrected chi connectivity index (χ0v) is 11.9. The number of rotatable bonds is 1. The fourth-order valence-electron chi connectivity index (χ4n) is 2.78. The Bertz CT molecular complexity index is 636. The van der Waals surface area contributed by atoms with Crippen molar-refractivity contribution in [2.24, 2.45) is 0 Å². The van der Waals surface area contributed by atoms with Crippen molar-refractivity contribution < 1.29 is 9.13 Å². The molecule has 0 aromatic heterocycles. The third kappa shape index (κ3) is 2.24. The molecule has 0 amide bonds. The zero-order chi connectivity index (χ0) is 14.3. The summed E-state index contributed by atoms with van der Waals surface area (Å²) in [6.45, 7) is 6.20. The summed E-state index contributed by atoms with van der Waals surface area (Å²) in [5.41, 5.74) is 4.35. The van der Waals surface area contributed by atoms with Crippen LogP contribution in [0.5, 0.6) is 5.75 Å². The van der Waals surface area contributed by atoms with Crippen molar-refractivity contribution in [1.82, 2.24) is 0 Å². The number of hydrogen-bond acceptors (Lipinski definition) is 2. The standard InChI is InChI=1S/C17H18FNO/c1-10-8-11(2)16-15(9-10)19-12(3)17(20-16)13-4-6-14(18)7-5-13/h4-9,12,17,19H,1-3H3. The van der Waals surface area contributed by atoms with Gasteiger partial charge in [0.05, 0.1) is 11.7 Å². The number of anilines is 1. The zero-order valence-electron chi connectivity index (χ0n) is 11.9. The molecule has 2 atom stereocenters. The molecule has 0 radical (unpaired) electrons. The number of halogens is 1. The minimum absolute atomic E-state index is 0.107. The van der Waals surface area contributed by atoms with Crippen LogP contribution in [0.1, 0.15) is 29.7 Å². The highest BCUT2D eigenvalue weighted by Gasteiger charge is 2.28. The Hall–Kier alpha value is -2.03. The Kier molecular flexibility index (Phi) is 3.13. The van der Waals surface area contributed by atoms with Gasteiger partial charge < -0.3 is 10.1 Å². The fourth-order valence-corrected chi connectivity index (χ4v) is 2.78. The van der Waals surface area contributed by atoms with Gasteiger partial charge in [0.1, 0.15) is 17.7 Å². The van der Waals surface area contributed by atoms with E-state index in [2.05, 4.69) is 31.3 Å². The van der Waals surface area contributed by atoms with Crippen molar-refractivity contribution in [3.8, 4) is 5.75 Å². The summed E-state index contributed by atoms with van der Waals surface area (Å²) in [6, 6.07) is 10.9. The number of fused-ring (bicyclic) bond motifs is 1. The minimum Gasteiger partial charge on any atom is -0.481 e. The summed E-state index contributed by atoms with van der Waals surface area (Å²) >= 11 is 0. The molecule has 20 heavy (non-hydrogen) atoms. The molecule has 0 spiro atoms. The molecule has 1 heterocycles. The second kappa shape index (κ2) is 4.82. The van der Waals surface area contributed by atoms with Crippen molar-refractivity contribution in [3.05, 3.63) is 58.9 Å². The van der Waals surface area contributed by atoms with E-state index in [-0.39, 0.29) is 18.0 Å². The van der Waals surface area contributed by atoms with Crippen LogP contribution in [0.25, 0.3) is 0 Å². The monoisotopic (exact) mass is 271 g/mol. The molecule has 104 valence electrons. The van der Waals surface area contributed by atoms with Gasteiger partial charge in [-0.25, -0.2) is 4.39 Å². The van der Waals surface area contributed by atoms with Crippen LogP contribution in [0.15, 0.2) is 36.4 Å². The summed E-state index contributed by atoms with van der Waals surface area (Å²) in [6.07, 6.45) is -0.107. The molecule has 3 heteroatoms. The van der Waals surface area contributed by atoms with Gasteiger partial charge in [-0.2, -0.15) is 0 Å². The third-order valence-corrected chi connectivity index (χ3v) is 3.70. The molecular weight excluding hydrogens is 253 g/mol. The topological polar surface area (TPSA) is 21.3 Å². The molecule has 2 aromatic carbocycles. The van der Waals surface area contributed by atoms with Gasteiger partial charge >= 0.3 is 0 Å². The van der Waals surface area contributed by atoms with E-state index in [0.717, 1.165) is 22.6 Å². The van der Waals surface area contributed by atoms with E-state index < -0.39 is 0 Å².